The summed E-state index contributed by atoms with van der Waals surface area (Å²) in [6.45, 7) is 1.00. The summed E-state index contributed by atoms with van der Waals surface area (Å²) in [5.41, 5.74) is 1.82. The molecule has 2 N–H and O–H groups in total. The van der Waals surface area contributed by atoms with Crippen LogP contribution in [0.4, 0.5) is 21.0 Å². The molecule has 1 aliphatic heterocycles. The Bertz CT molecular complexity index is 1030. The number of urea groups is 1. The average Bonchev–Trinajstić information content (AvgIpc) is 3.32. The fourth-order valence-electron chi connectivity index (χ4n) is 2.94. The quantitative estimate of drug-likeness (QED) is 0.699. The van der Waals surface area contributed by atoms with Gasteiger partial charge in [-0.2, -0.15) is 0 Å². The van der Waals surface area contributed by atoms with Crippen LogP contribution in [0, 0.1) is 0 Å². The molecule has 1 aromatic carbocycles. The first-order valence-corrected chi connectivity index (χ1v) is 8.61. The maximum Gasteiger partial charge on any atom is 0.414 e. The molecule has 10 nitrogen and oxygen atoms in total. The molecular formula is C18H18N6O4. The molecular weight excluding hydrogens is 364 g/mol. The highest BCUT2D eigenvalue weighted by Gasteiger charge is 2.26. The highest BCUT2D eigenvalue weighted by molar-refractivity contribution is 5.93. The van der Waals surface area contributed by atoms with Crippen molar-refractivity contribution in [3.8, 4) is 5.75 Å². The zero-order valence-corrected chi connectivity index (χ0v) is 15.1. The minimum Gasteiger partial charge on any atom is -0.494 e. The number of pyridine rings is 1. The number of cyclic esters (lactones) is 1. The number of carbonyl (C=O) groups is 2. The summed E-state index contributed by atoms with van der Waals surface area (Å²) in [5.74, 6) is 1.08. The molecule has 4 rings (SSSR count). The fraction of sp³-hybridized carbons (Fsp3) is 0.222. The van der Waals surface area contributed by atoms with E-state index in [1.165, 1.54) is 12.0 Å². The number of hydrogen-bond donors (Lipinski definition) is 2. The number of carbonyl (C=O) groups excluding carboxylic acids is 2. The Labute approximate surface area is 160 Å². The van der Waals surface area contributed by atoms with Crippen LogP contribution in [-0.4, -0.2) is 47.0 Å². The van der Waals surface area contributed by atoms with Crippen molar-refractivity contribution in [3.05, 3.63) is 48.4 Å². The van der Waals surface area contributed by atoms with Crippen LogP contribution in [-0.2, 0) is 11.3 Å². The fourth-order valence-corrected chi connectivity index (χ4v) is 2.94. The van der Waals surface area contributed by atoms with Crippen LogP contribution in [0.1, 0.15) is 5.82 Å². The van der Waals surface area contributed by atoms with Gasteiger partial charge >= 0.3 is 12.1 Å². The lowest BCUT2D eigenvalue weighted by atomic mass is 10.2. The highest BCUT2D eigenvalue weighted by atomic mass is 16.6. The number of rotatable bonds is 5. The van der Waals surface area contributed by atoms with Crippen molar-refractivity contribution < 1.29 is 19.1 Å². The SMILES string of the molecule is COc1cc(NC(=O)NCc2nnc3ccccn23)ccc1N1CCOC1=O. The summed E-state index contributed by atoms with van der Waals surface area (Å²) in [4.78, 5) is 25.5. The van der Waals surface area contributed by atoms with Crippen LogP contribution in [0.5, 0.6) is 5.75 Å². The molecule has 144 valence electrons. The highest BCUT2D eigenvalue weighted by Crippen LogP contribution is 2.32. The molecule has 10 heteroatoms. The number of fused-ring (bicyclic) bond motifs is 1. The number of anilines is 2. The first kappa shape index (κ1) is 17.6. The minimum absolute atomic E-state index is 0.214. The number of aromatic nitrogens is 3. The Morgan fingerprint density at radius 1 is 1.29 bits per heavy atom. The third-order valence-electron chi connectivity index (χ3n) is 4.28. The van der Waals surface area contributed by atoms with Gasteiger partial charge in [-0.05, 0) is 24.3 Å². The maximum absolute atomic E-state index is 12.2. The van der Waals surface area contributed by atoms with Crippen LogP contribution >= 0.6 is 0 Å². The summed E-state index contributed by atoms with van der Waals surface area (Å²) in [6, 6.07) is 10.2. The number of nitrogens with zero attached hydrogens (tertiary/aromatic N) is 4. The van der Waals surface area contributed by atoms with Crippen molar-refractivity contribution >= 4 is 29.1 Å². The molecule has 1 aliphatic rings. The second-order valence-electron chi connectivity index (χ2n) is 6.01. The van der Waals surface area contributed by atoms with Gasteiger partial charge in [0, 0.05) is 18.0 Å². The monoisotopic (exact) mass is 382 g/mol. The summed E-state index contributed by atoms with van der Waals surface area (Å²) < 4.78 is 12.1. The lowest BCUT2D eigenvalue weighted by Gasteiger charge is -2.17. The van der Waals surface area contributed by atoms with Crippen LogP contribution in [0.3, 0.4) is 0 Å². The Balaban J connectivity index is 1.42. The normalized spacial score (nSPS) is 13.5. The van der Waals surface area contributed by atoms with E-state index >= 15 is 0 Å². The Kier molecular flexibility index (Phi) is 4.67. The molecule has 3 aromatic rings. The molecule has 0 unspecified atom stereocenters. The molecule has 1 saturated heterocycles. The standard InChI is InChI=1S/C18H18N6O4/c1-27-14-10-12(5-6-13(14)23-8-9-28-18(23)26)20-17(25)19-11-16-22-21-15-4-2-3-7-24(15)16/h2-7,10H,8-9,11H2,1H3,(H2,19,20,25). The van der Waals surface area contributed by atoms with Crippen molar-refractivity contribution in [2.24, 2.45) is 0 Å². The number of amides is 3. The molecule has 0 radical (unpaired) electrons. The minimum atomic E-state index is -0.419. The lowest BCUT2D eigenvalue weighted by Crippen LogP contribution is -2.29. The Morgan fingerprint density at radius 3 is 2.96 bits per heavy atom. The van der Waals surface area contributed by atoms with E-state index in [9.17, 15) is 9.59 Å². The van der Waals surface area contributed by atoms with E-state index in [2.05, 4.69) is 20.8 Å². The molecule has 2 aromatic heterocycles. The Hall–Kier alpha value is -3.82. The van der Waals surface area contributed by atoms with E-state index in [1.807, 2.05) is 24.4 Å². The first-order chi connectivity index (χ1) is 13.7. The van der Waals surface area contributed by atoms with Gasteiger partial charge in [-0.25, -0.2) is 9.59 Å². The van der Waals surface area contributed by atoms with Crippen molar-refractivity contribution in [1.29, 1.82) is 0 Å². The van der Waals surface area contributed by atoms with Crippen molar-refractivity contribution in [3.63, 3.8) is 0 Å². The molecule has 28 heavy (non-hydrogen) atoms. The van der Waals surface area contributed by atoms with Gasteiger partial charge in [0.2, 0.25) is 0 Å². The van der Waals surface area contributed by atoms with Gasteiger partial charge in [-0.3, -0.25) is 9.30 Å². The topological polar surface area (TPSA) is 110 Å². The summed E-state index contributed by atoms with van der Waals surface area (Å²) in [6.07, 6.45) is 1.41. The predicted octanol–water partition coefficient (Wildman–Crippen LogP) is 2.02. The molecule has 1 fully saturated rings. The maximum atomic E-state index is 12.2. The molecule has 0 bridgehead atoms. The van der Waals surface area contributed by atoms with Crippen LogP contribution in [0.15, 0.2) is 42.6 Å². The molecule has 3 heterocycles. The summed E-state index contributed by atoms with van der Waals surface area (Å²) >= 11 is 0. The van der Waals surface area contributed by atoms with E-state index < -0.39 is 12.1 Å². The molecule has 3 amide bonds. The summed E-state index contributed by atoms with van der Waals surface area (Å²) in [7, 11) is 1.50. The van der Waals surface area contributed by atoms with Crippen molar-refractivity contribution in [2.75, 3.05) is 30.5 Å². The largest absolute Gasteiger partial charge is 0.494 e. The smallest absolute Gasteiger partial charge is 0.414 e. The molecule has 0 spiro atoms. The second kappa shape index (κ2) is 7.43. The van der Waals surface area contributed by atoms with Crippen molar-refractivity contribution in [2.45, 2.75) is 6.54 Å². The van der Waals surface area contributed by atoms with Gasteiger partial charge in [0.05, 0.1) is 25.9 Å². The van der Waals surface area contributed by atoms with E-state index in [1.54, 1.807) is 22.6 Å². The number of ether oxygens (including phenoxy) is 2. The van der Waals surface area contributed by atoms with E-state index in [4.69, 9.17) is 9.47 Å². The van der Waals surface area contributed by atoms with Crippen LogP contribution in [0.2, 0.25) is 0 Å². The number of benzene rings is 1. The lowest BCUT2D eigenvalue weighted by molar-refractivity contribution is 0.181. The number of nitrogens with one attached hydrogen (secondary N) is 2. The number of hydrogen-bond acceptors (Lipinski definition) is 6. The summed E-state index contributed by atoms with van der Waals surface area (Å²) in [5, 5.41) is 13.6. The van der Waals surface area contributed by atoms with Gasteiger partial charge in [-0.1, -0.05) is 6.07 Å². The van der Waals surface area contributed by atoms with Crippen LogP contribution in [0.25, 0.3) is 5.65 Å². The average molecular weight is 382 g/mol. The van der Waals surface area contributed by atoms with Gasteiger partial charge in [0.25, 0.3) is 0 Å². The molecule has 0 saturated carbocycles. The third kappa shape index (κ3) is 3.39. The number of methoxy groups -OCH3 is 1. The van der Waals surface area contributed by atoms with Crippen molar-refractivity contribution in [1.82, 2.24) is 19.9 Å². The van der Waals surface area contributed by atoms with Gasteiger partial charge < -0.3 is 20.1 Å². The van der Waals surface area contributed by atoms with Crippen LogP contribution < -0.4 is 20.3 Å². The first-order valence-electron chi connectivity index (χ1n) is 8.61. The zero-order valence-electron chi connectivity index (χ0n) is 15.1. The van der Waals surface area contributed by atoms with Gasteiger partial charge in [0.1, 0.15) is 12.4 Å². The molecule has 0 atom stereocenters. The zero-order chi connectivity index (χ0) is 19.5. The van der Waals surface area contributed by atoms with E-state index in [-0.39, 0.29) is 6.54 Å². The predicted molar refractivity (Wildman–Crippen MR) is 101 cm³/mol. The molecule has 0 aliphatic carbocycles. The van der Waals surface area contributed by atoms with Gasteiger partial charge in [0.15, 0.2) is 11.5 Å². The van der Waals surface area contributed by atoms with E-state index in [0.717, 1.165) is 0 Å². The van der Waals surface area contributed by atoms with E-state index in [0.29, 0.717) is 41.7 Å². The second-order valence-corrected chi connectivity index (χ2v) is 6.01. The Morgan fingerprint density at radius 2 is 2.18 bits per heavy atom. The van der Waals surface area contributed by atoms with Gasteiger partial charge in [-0.15, -0.1) is 10.2 Å². The third-order valence-corrected chi connectivity index (χ3v) is 4.28.